The maximum absolute atomic E-state index is 12.7. The maximum atomic E-state index is 12.7. The van der Waals surface area contributed by atoms with Crippen molar-refractivity contribution >= 4 is 62.8 Å². The summed E-state index contributed by atoms with van der Waals surface area (Å²) in [6, 6.07) is 13.2. The van der Waals surface area contributed by atoms with Gasteiger partial charge in [0.15, 0.2) is 0 Å². The monoisotopic (exact) mass is 476 g/mol. The number of carbonyl (C=O) groups is 4. The van der Waals surface area contributed by atoms with Crippen LogP contribution >= 0.6 is 27.7 Å². The van der Waals surface area contributed by atoms with E-state index in [1.807, 2.05) is 12.1 Å². The van der Waals surface area contributed by atoms with Crippen LogP contribution in [0.15, 0.2) is 53.0 Å². The van der Waals surface area contributed by atoms with Crippen LogP contribution in [0.3, 0.4) is 0 Å². The molecule has 9 heteroatoms. The summed E-state index contributed by atoms with van der Waals surface area (Å²) in [6.45, 7) is 0. The van der Waals surface area contributed by atoms with Gasteiger partial charge in [0.2, 0.25) is 17.7 Å². The van der Waals surface area contributed by atoms with Gasteiger partial charge in [-0.1, -0.05) is 15.9 Å². The van der Waals surface area contributed by atoms with Crippen molar-refractivity contribution in [3.8, 4) is 0 Å². The number of rotatable bonds is 6. The maximum Gasteiger partial charge on any atom is 0.337 e. The summed E-state index contributed by atoms with van der Waals surface area (Å²) in [7, 11) is 1.28. The molecule has 1 atom stereocenters. The van der Waals surface area contributed by atoms with Crippen molar-refractivity contribution in [2.24, 2.45) is 0 Å². The fourth-order valence-corrected chi connectivity index (χ4v) is 3.97. The molecule has 2 aromatic carbocycles. The number of esters is 1. The molecule has 2 aromatic rings. The predicted molar refractivity (Wildman–Crippen MR) is 114 cm³/mol. The van der Waals surface area contributed by atoms with Gasteiger partial charge < -0.3 is 10.1 Å². The highest BCUT2D eigenvalue weighted by atomic mass is 79.9. The number of nitrogens with one attached hydrogen (secondary N) is 1. The average Bonchev–Trinajstić information content (AvgIpc) is 3.01. The Hall–Kier alpha value is -2.65. The number of nitrogens with zero attached hydrogens (tertiary/aromatic N) is 1. The van der Waals surface area contributed by atoms with Crippen LogP contribution in [-0.4, -0.2) is 41.8 Å². The standard InChI is InChI=1S/C20H17BrN2O5S/c1-28-20(27)12-2-8-15(9-3-12)23-18(25)10-16(19(23)26)29-11-17(24)22-14-6-4-13(21)5-7-14/h2-9,16H,10-11H2,1H3,(H,22,24)/t16-/m0/s1. The first-order valence-electron chi connectivity index (χ1n) is 8.61. The molecule has 150 valence electrons. The highest BCUT2D eigenvalue weighted by molar-refractivity contribution is 9.10. The zero-order valence-electron chi connectivity index (χ0n) is 15.4. The number of ether oxygens (including phenoxy) is 1. The first kappa shape index (κ1) is 21.1. The van der Waals surface area contributed by atoms with E-state index in [1.54, 1.807) is 12.1 Å². The summed E-state index contributed by atoms with van der Waals surface area (Å²) in [5.41, 5.74) is 1.36. The van der Waals surface area contributed by atoms with Crippen molar-refractivity contribution in [2.75, 3.05) is 23.1 Å². The molecule has 1 saturated heterocycles. The molecule has 0 aliphatic carbocycles. The number of amides is 3. The summed E-state index contributed by atoms with van der Waals surface area (Å²) in [6.07, 6.45) is 0.0216. The molecule has 0 bridgehead atoms. The highest BCUT2D eigenvalue weighted by Gasteiger charge is 2.40. The lowest BCUT2D eigenvalue weighted by atomic mass is 10.2. The Balaban J connectivity index is 1.59. The lowest BCUT2D eigenvalue weighted by Gasteiger charge is -2.15. The minimum Gasteiger partial charge on any atom is -0.465 e. The molecule has 0 saturated carbocycles. The minimum atomic E-state index is -0.626. The smallest absolute Gasteiger partial charge is 0.337 e. The molecule has 1 fully saturated rings. The van der Waals surface area contributed by atoms with E-state index in [1.165, 1.54) is 31.4 Å². The molecule has 1 N–H and O–H groups in total. The van der Waals surface area contributed by atoms with Crippen molar-refractivity contribution in [3.63, 3.8) is 0 Å². The number of carbonyl (C=O) groups excluding carboxylic acids is 4. The third-order valence-corrected chi connectivity index (χ3v) is 5.92. The van der Waals surface area contributed by atoms with Crippen molar-refractivity contribution in [3.05, 3.63) is 58.6 Å². The minimum absolute atomic E-state index is 0.0216. The molecule has 3 rings (SSSR count). The number of anilines is 2. The quantitative estimate of drug-likeness (QED) is 0.508. The van der Waals surface area contributed by atoms with E-state index in [2.05, 4.69) is 26.0 Å². The Morgan fingerprint density at radius 2 is 1.79 bits per heavy atom. The van der Waals surface area contributed by atoms with E-state index in [4.69, 9.17) is 0 Å². The third-order valence-electron chi connectivity index (χ3n) is 4.20. The lowest BCUT2D eigenvalue weighted by Crippen LogP contribution is -2.31. The predicted octanol–water partition coefficient (Wildman–Crippen LogP) is 3.24. The van der Waals surface area contributed by atoms with E-state index < -0.39 is 11.2 Å². The molecule has 1 aliphatic heterocycles. The van der Waals surface area contributed by atoms with Crippen LogP contribution < -0.4 is 10.2 Å². The normalized spacial score (nSPS) is 16.1. The van der Waals surface area contributed by atoms with Gasteiger partial charge in [0.25, 0.3) is 0 Å². The van der Waals surface area contributed by atoms with Crippen LogP contribution in [0.1, 0.15) is 16.8 Å². The number of halogens is 1. The summed E-state index contributed by atoms with van der Waals surface area (Å²) in [4.78, 5) is 49.7. The van der Waals surface area contributed by atoms with Gasteiger partial charge in [-0.3, -0.25) is 14.4 Å². The summed E-state index contributed by atoms with van der Waals surface area (Å²) in [5, 5.41) is 2.12. The molecule has 0 aromatic heterocycles. The van der Waals surface area contributed by atoms with Gasteiger partial charge >= 0.3 is 5.97 Å². The molecular weight excluding hydrogens is 460 g/mol. The number of methoxy groups -OCH3 is 1. The first-order valence-corrected chi connectivity index (χ1v) is 10.5. The molecule has 1 aliphatic rings. The Kier molecular flexibility index (Phi) is 6.71. The Bertz CT molecular complexity index is 946. The molecule has 3 amide bonds. The lowest BCUT2D eigenvalue weighted by molar-refractivity contribution is -0.121. The molecule has 0 radical (unpaired) electrons. The van der Waals surface area contributed by atoms with Crippen LogP contribution in [0.2, 0.25) is 0 Å². The summed E-state index contributed by atoms with van der Waals surface area (Å²) < 4.78 is 5.54. The van der Waals surface area contributed by atoms with E-state index in [9.17, 15) is 19.2 Å². The van der Waals surface area contributed by atoms with E-state index in [-0.39, 0.29) is 29.9 Å². The number of hydrogen-bond acceptors (Lipinski definition) is 6. The molecule has 0 unspecified atom stereocenters. The van der Waals surface area contributed by atoms with Crippen LogP contribution in [0.25, 0.3) is 0 Å². The zero-order valence-corrected chi connectivity index (χ0v) is 17.8. The average molecular weight is 477 g/mol. The van der Waals surface area contributed by atoms with Crippen molar-refractivity contribution in [2.45, 2.75) is 11.7 Å². The Morgan fingerprint density at radius 1 is 1.14 bits per heavy atom. The van der Waals surface area contributed by atoms with E-state index in [0.717, 1.165) is 21.1 Å². The second-order valence-electron chi connectivity index (χ2n) is 6.16. The number of benzene rings is 2. The fraction of sp³-hybridized carbons (Fsp3) is 0.200. The van der Waals surface area contributed by atoms with E-state index in [0.29, 0.717) is 16.9 Å². The topological polar surface area (TPSA) is 92.8 Å². The molecule has 29 heavy (non-hydrogen) atoms. The summed E-state index contributed by atoms with van der Waals surface area (Å²) in [5.74, 6) is -1.41. The van der Waals surface area contributed by atoms with Gasteiger partial charge in [0.05, 0.1) is 29.4 Å². The van der Waals surface area contributed by atoms with Gasteiger partial charge in [-0.05, 0) is 48.5 Å². The summed E-state index contributed by atoms with van der Waals surface area (Å²) >= 11 is 4.45. The first-order chi connectivity index (χ1) is 13.9. The highest BCUT2D eigenvalue weighted by Crippen LogP contribution is 2.30. The van der Waals surface area contributed by atoms with Gasteiger partial charge in [0.1, 0.15) is 0 Å². The third kappa shape index (κ3) is 5.04. The number of thioether (sulfide) groups is 1. The van der Waals surface area contributed by atoms with Crippen LogP contribution in [0.4, 0.5) is 11.4 Å². The second kappa shape index (κ2) is 9.23. The van der Waals surface area contributed by atoms with Crippen molar-refractivity contribution in [1.82, 2.24) is 0 Å². The van der Waals surface area contributed by atoms with Crippen molar-refractivity contribution < 1.29 is 23.9 Å². The fourth-order valence-electron chi connectivity index (χ4n) is 2.78. The Morgan fingerprint density at radius 3 is 2.41 bits per heavy atom. The number of hydrogen-bond donors (Lipinski definition) is 1. The van der Waals surface area contributed by atoms with Gasteiger partial charge in [0, 0.05) is 16.6 Å². The van der Waals surface area contributed by atoms with Gasteiger partial charge in [-0.2, -0.15) is 0 Å². The molecule has 7 nitrogen and oxygen atoms in total. The molecular formula is C20H17BrN2O5S. The second-order valence-corrected chi connectivity index (χ2v) is 8.27. The SMILES string of the molecule is COC(=O)c1ccc(N2C(=O)C[C@H](SCC(=O)Nc3ccc(Br)cc3)C2=O)cc1. The van der Waals surface area contributed by atoms with Crippen LogP contribution in [0, 0.1) is 0 Å². The van der Waals surface area contributed by atoms with E-state index >= 15 is 0 Å². The van der Waals surface area contributed by atoms with Gasteiger partial charge in [-0.15, -0.1) is 11.8 Å². The van der Waals surface area contributed by atoms with Gasteiger partial charge in [-0.25, -0.2) is 9.69 Å². The Labute approximate surface area is 179 Å². The number of imide groups is 1. The van der Waals surface area contributed by atoms with Crippen molar-refractivity contribution in [1.29, 1.82) is 0 Å². The molecule has 1 heterocycles. The largest absolute Gasteiger partial charge is 0.465 e. The molecule has 0 spiro atoms. The zero-order chi connectivity index (χ0) is 21.0. The van der Waals surface area contributed by atoms with Crippen LogP contribution in [-0.2, 0) is 19.1 Å². The van der Waals surface area contributed by atoms with Crippen LogP contribution in [0.5, 0.6) is 0 Å².